The highest BCUT2D eigenvalue weighted by Gasteiger charge is 2.00. The molecule has 0 aromatic rings. The molecule has 6 nitrogen and oxygen atoms in total. The van der Waals surface area contributed by atoms with Crippen molar-refractivity contribution in [2.24, 2.45) is 5.92 Å². The minimum atomic E-state index is -0.489. The second-order valence-corrected chi connectivity index (χ2v) is 9.69. The van der Waals surface area contributed by atoms with Crippen molar-refractivity contribution in [1.29, 1.82) is 0 Å². The first kappa shape index (κ1) is 21.2. The Kier molecular flexibility index (Phi) is 15.3. The first-order chi connectivity index (χ1) is 10.0. The molecular weight excluding hydrogens is 330 g/mol. The molecular formula is C12H29N3O3S3. The molecule has 0 aromatic carbocycles. The molecule has 0 unspecified atom stereocenters. The Morgan fingerprint density at radius 1 is 1.05 bits per heavy atom. The first-order valence-corrected chi connectivity index (χ1v) is 10.9. The maximum Gasteiger partial charge on any atom is 0.314 e. The Labute approximate surface area is 140 Å². The molecule has 0 bridgehead atoms. The number of ether oxygens (including phenoxy) is 2. The number of hydrogen-bond donors (Lipinski definition) is 6. The van der Waals surface area contributed by atoms with Gasteiger partial charge in [0.1, 0.15) is 0 Å². The molecule has 0 fully saturated rings. The molecule has 9 heteroatoms. The van der Waals surface area contributed by atoms with Crippen molar-refractivity contribution in [3.05, 3.63) is 0 Å². The van der Waals surface area contributed by atoms with E-state index in [-0.39, 0.29) is 6.03 Å². The summed E-state index contributed by atoms with van der Waals surface area (Å²) in [7, 11) is -0.489. The summed E-state index contributed by atoms with van der Waals surface area (Å²) < 4.78 is 10.7. The van der Waals surface area contributed by atoms with Crippen LogP contribution in [0.15, 0.2) is 0 Å². The SMILES string of the molecule is CC(C)CNC(=O)NCCOCCOCCNC[SH](S)S. The van der Waals surface area contributed by atoms with E-state index in [9.17, 15) is 4.79 Å². The predicted molar refractivity (Wildman–Crippen MR) is 97.7 cm³/mol. The molecule has 21 heavy (non-hydrogen) atoms. The summed E-state index contributed by atoms with van der Waals surface area (Å²) in [6, 6.07) is -0.150. The van der Waals surface area contributed by atoms with E-state index in [0.29, 0.717) is 45.4 Å². The minimum Gasteiger partial charge on any atom is -0.378 e. The van der Waals surface area contributed by atoms with Gasteiger partial charge in [-0.3, -0.25) is 0 Å². The summed E-state index contributed by atoms with van der Waals surface area (Å²) in [5.74, 6) is 1.26. The number of hydrogen-bond acceptors (Lipinski definition) is 6. The average Bonchev–Trinajstić information content (AvgIpc) is 2.42. The lowest BCUT2D eigenvalue weighted by Crippen LogP contribution is -2.39. The fraction of sp³-hybridized carbons (Fsp3) is 0.917. The van der Waals surface area contributed by atoms with Gasteiger partial charge in [0.25, 0.3) is 0 Å². The molecule has 0 saturated heterocycles. The smallest absolute Gasteiger partial charge is 0.314 e. The molecule has 0 aliphatic carbocycles. The Hall–Kier alpha value is 0.200. The van der Waals surface area contributed by atoms with Gasteiger partial charge < -0.3 is 25.4 Å². The summed E-state index contributed by atoms with van der Waals surface area (Å²) in [5, 5.41) is 8.69. The summed E-state index contributed by atoms with van der Waals surface area (Å²) >= 11 is 8.40. The van der Waals surface area contributed by atoms with E-state index in [1.165, 1.54) is 0 Å². The van der Waals surface area contributed by atoms with Crippen LogP contribution in [0.3, 0.4) is 0 Å². The van der Waals surface area contributed by atoms with Gasteiger partial charge in [0.05, 0.1) is 26.4 Å². The Morgan fingerprint density at radius 2 is 1.67 bits per heavy atom. The topological polar surface area (TPSA) is 71.6 Å². The van der Waals surface area contributed by atoms with Gasteiger partial charge in [-0.15, -0.1) is 32.3 Å². The lowest BCUT2D eigenvalue weighted by atomic mass is 10.2. The van der Waals surface area contributed by atoms with Gasteiger partial charge >= 0.3 is 6.03 Å². The van der Waals surface area contributed by atoms with E-state index < -0.39 is 8.96 Å². The van der Waals surface area contributed by atoms with Crippen LogP contribution in [0.4, 0.5) is 4.79 Å². The molecule has 0 aliphatic heterocycles. The van der Waals surface area contributed by atoms with Crippen LogP contribution in [-0.2, 0) is 9.47 Å². The van der Waals surface area contributed by atoms with Crippen molar-refractivity contribution in [2.75, 3.05) is 51.9 Å². The van der Waals surface area contributed by atoms with Crippen LogP contribution in [0.2, 0.25) is 0 Å². The van der Waals surface area contributed by atoms with Crippen molar-refractivity contribution in [2.45, 2.75) is 13.8 Å². The Bertz CT molecular complexity index is 259. The molecule has 0 radical (unpaired) electrons. The average molecular weight is 360 g/mol. The maximum absolute atomic E-state index is 11.3. The number of nitrogens with one attached hydrogen (secondary N) is 3. The quantitative estimate of drug-likeness (QED) is 0.170. The third-order valence-corrected chi connectivity index (χ3v) is 3.61. The number of urea groups is 1. The zero-order valence-electron chi connectivity index (χ0n) is 12.8. The largest absolute Gasteiger partial charge is 0.378 e. The molecule has 0 atom stereocenters. The fourth-order valence-electron chi connectivity index (χ4n) is 1.24. The lowest BCUT2D eigenvalue weighted by Gasteiger charge is -2.10. The number of thiol groups is 3. The van der Waals surface area contributed by atoms with Crippen molar-refractivity contribution in [1.82, 2.24) is 16.0 Å². The standard InChI is InChI=1S/C12H29N3O3S3/c1-11(2)9-15-12(16)14-4-6-18-8-7-17-5-3-13-10-21(19)20/h11,13,19-21H,3-10H2,1-2H3,(H2,14,15,16). The van der Waals surface area contributed by atoms with Crippen LogP contribution >= 0.6 is 32.3 Å². The number of carbonyl (C=O) groups is 1. The van der Waals surface area contributed by atoms with E-state index in [1.807, 2.05) is 0 Å². The van der Waals surface area contributed by atoms with Crippen LogP contribution in [0.1, 0.15) is 13.8 Å². The van der Waals surface area contributed by atoms with E-state index in [0.717, 1.165) is 12.4 Å². The van der Waals surface area contributed by atoms with Crippen molar-refractivity contribution >= 4 is 38.3 Å². The molecule has 0 aliphatic rings. The molecule has 2 amide bonds. The number of rotatable bonds is 13. The van der Waals surface area contributed by atoms with Crippen LogP contribution in [0.5, 0.6) is 0 Å². The highest BCUT2D eigenvalue weighted by Crippen LogP contribution is 2.32. The van der Waals surface area contributed by atoms with Gasteiger partial charge in [-0.1, -0.05) is 13.8 Å². The van der Waals surface area contributed by atoms with E-state index in [1.54, 1.807) is 0 Å². The van der Waals surface area contributed by atoms with Crippen molar-refractivity contribution < 1.29 is 14.3 Å². The molecule has 128 valence electrons. The zero-order valence-corrected chi connectivity index (χ0v) is 15.5. The van der Waals surface area contributed by atoms with Gasteiger partial charge in [-0.2, -0.15) is 0 Å². The normalized spacial score (nSPS) is 11.6. The predicted octanol–water partition coefficient (Wildman–Crippen LogP) is 1.21. The van der Waals surface area contributed by atoms with Crippen LogP contribution in [0.25, 0.3) is 0 Å². The van der Waals surface area contributed by atoms with E-state index in [2.05, 4.69) is 53.1 Å². The second kappa shape index (κ2) is 15.1. The van der Waals surface area contributed by atoms with Gasteiger partial charge in [-0.05, 0) is 5.92 Å². The maximum atomic E-state index is 11.3. The van der Waals surface area contributed by atoms with Gasteiger partial charge in [0.2, 0.25) is 0 Å². The molecule has 3 N–H and O–H groups in total. The van der Waals surface area contributed by atoms with Crippen LogP contribution < -0.4 is 16.0 Å². The summed E-state index contributed by atoms with van der Waals surface area (Å²) in [6.07, 6.45) is 0. The summed E-state index contributed by atoms with van der Waals surface area (Å²) in [5.41, 5.74) is 0. The Balaban J connectivity index is 3.13. The third-order valence-electron chi connectivity index (χ3n) is 2.25. The van der Waals surface area contributed by atoms with Crippen molar-refractivity contribution in [3.8, 4) is 0 Å². The molecule has 0 aromatic heterocycles. The van der Waals surface area contributed by atoms with Crippen LogP contribution in [-0.4, -0.2) is 58.0 Å². The molecule has 0 spiro atoms. The fourth-order valence-corrected chi connectivity index (χ4v) is 2.20. The lowest BCUT2D eigenvalue weighted by molar-refractivity contribution is 0.0508. The number of amides is 2. The van der Waals surface area contributed by atoms with E-state index in [4.69, 9.17) is 9.47 Å². The van der Waals surface area contributed by atoms with Crippen LogP contribution in [0, 0.1) is 5.92 Å². The molecule has 0 rings (SSSR count). The van der Waals surface area contributed by atoms with Crippen molar-refractivity contribution in [3.63, 3.8) is 0 Å². The Morgan fingerprint density at radius 3 is 2.24 bits per heavy atom. The van der Waals surface area contributed by atoms with E-state index >= 15 is 0 Å². The number of carbonyl (C=O) groups excluding carboxylic acids is 1. The highest BCUT2D eigenvalue weighted by molar-refractivity contribution is 9.09. The monoisotopic (exact) mass is 359 g/mol. The van der Waals surface area contributed by atoms with Gasteiger partial charge in [0.15, 0.2) is 0 Å². The van der Waals surface area contributed by atoms with Gasteiger partial charge in [-0.25, -0.2) is 4.79 Å². The van der Waals surface area contributed by atoms with Gasteiger partial charge in [0, 0.05) is 25.5 Å². The highest BCUT2D eigenvalue weighted by atomic mass is 33.5. The summed E-state index contributed by atoms with van der Waals surface area (Å²) in [6.45, 7) is 8.28. The first-order valence-electron chi connectivity index (χ1n) is 7.05. The minimum absolute atomic E-state index is 0.150. The molecule has 0 heterocycles. The zero-order chi connectivity index (χ0) is 15.9. The second-order valence-electron chi connectivity index (χ2n) is 4.79. The summed E-state index contributed by atoms with van der Waals surface area (Å²) in [4.78, 5) is 11.3. The third kappa shape index (κ3) is 18.2. The molecule has 0 saturated carbocycles.